The van der Waals surface area contributed by atoms with E-state index in [1.54, 1.807) is 11.3 Å². The first-order valence-corrected chi connectivity index (χ1v) is 6.78. The highest BCUT2D eigenvalue weighted by molar-refractivity contribution is 7.80. The highest BCUT2D eigenvalue weighted by Crippen LogP contribution is 2.18. The Hall–Kier alpha value is -1.33. The quantitative estimate of drug-likeness (QED) is 0.826. The highest BCUT2D eigenvalue weighted by Gasteiger charge is 2.12. The van der Waals surface area contributed by atoms with E-state index in [1.807, 2.05) is 23.8 Å². The van der Waals surface area contributed by atoms with Gasteiger partial charge in [0.25, 0.3) is 5.91 Å². The average molecular weight is 281 g/mol. The standard InChI is InChI=1S/C13H12FNOS2/c1-8(10-4-5-18-7-10)15-13(16)9-2-3-11(14)12(17)6-9/h2-8,17H,1H3,(H,15,16). The number of thiophene rings is 1. The second kappa shape index (κ2) is 5.54. The van der Waals surface area contributed by atoms with Crippen LogP contribution in [0.3, 0.4) is 0 Å². The second-order valence-corrected chi connectivity index (χ2v) is 5.18. The van der Waals surface area contributed by atoms with Crippen LogP contribution in [0.5, 0.6) is 0 Å². The van der Waals surface area contributed by atoms with Gasteiger partial charge in [0.2, 0.25) is 0 Å². The minimum absolute atomic E-state index is 0.0721. The number of benzene rings is 1. The summed E-state index contributed by atoms with van der Waals surface area (Å²) in [6.07, 6.45) is 0. The fourth-order valence-electron chi connectivity index (χ4n) is 1.54. The van der Waals surface area contributed by atoms with Gasteiger partial charge in [0, 0.05) is 10.5 Å². The molecule has 1 aromatic heterocycles. The minimum Gasteiger partial charge on any atom is -0.345 e. The normalized spacial score (nSPS) is 12.2. The number of rotatable bonds is 3. The molecule has 0 spiro atoms. The van der Waals surface area contributed by atoms with Crippen LogP contribution in [-0.4, -0.2) is 5.91 Å². The summed E-state index contributed by atoms with van der Waals surface area (Å²) >= 11 is 5.54. The van der Waals surface area contributed by atoms with Crippen molar-refractivity contribution in [1.82, 2.24) is 5.32 Å². The van der Waals surface area contributed by atoms with Gasteiger partial charge in [0.05, 0.1) is 6.04 Å². The lowest BCUT2D eigenvalue weighted by Gasteiger charge is -2.12. The second-order valence-electron chi connectivity index (χ2n) is 3.92. The number of hydrogen-bond acceptors (Lipinski definition) is 3. The topological polar surface area (TPSA) is 29.1 Å². The van der Waals surface area contributed by atoms with Gasteiger partial charge in [0.15, 0.2) is 0 Å². The fraction of sp³-hybridized carbons (Fsp3) is 0.154. The summed E-state index contributed by atoms with van der Waals surface area (Å²) in [4.78, 5) is 12.1. The van der Waals surface area contributed by atoms with E-state index in [0.29, 0.717) is 5.56 Å². The lowest BCUT2D eigenvalue weighted by molar-refractivity contribution is 0.0939. The summed E-state index contributed by atoms with van der Waals surface area (Å²) in [5.41, 5.74) is 1.46. The summed E-state index contributed by atoms with van der Waals surface area (Å²) in [7, 11) is 0. The van der Waals surface area contributed by atoms with Crippen molar-refractivity contribution in [3.05, 3.63) is 52.0 Å². The molecule has 0 aliphatic rings. The van der Waals surface area contributed by atoms with Crippen LogP contribution in [0.4, 0.5) is 4.39 Å². The van der Waals surface area contributed by atoms with E-state index in [9.17, 15) is 9.18 Å². The third kappa shape index (κ3) is 2.91. The van der Waals surface area contributed by atoms with E-state index >= 15 is 0 Å². The molecule has 1 atom stereocenters. The van der Waals surface area contributed by atoms with Gasteiger partial charge in [-0.15, -0.1) is 12.6 Å². The Kier molecular flexibility index (Phi) is 4.04. The summed E-state index contributed by atoms with van der Waals surface area (Å²) in [6.45, 7) is 1.91. The van der Waals surface area contributed by atoms with Crippen LogP contribution in [0.2, 0.25) is 0 Å². The van der Waals surface area contributed by atoms with Crippen molar-refractivity contribution >= 4 is 29.9 Å². The number of carbonyl (C=O) groups is 1. The van der Waals surface area contributed by atoms with E-state index < -0.39 is 5.82 Å². The van der Waals surface area contributed by atoms with Crippen LogP contribution in [0.1, 0.15) is 28.9 Å². The zero-order valence-electron chi connectivity index (χ0n) is 9.68. The SMILES string of the molecule is CC(NC(=O)c1ccc(F)c(S)c1)c1ccsc1. The molecule has 0 aliphatic heterocycles. The molecule has 2 rings (SSSR count). The van der Waals surface area contributed by atoms with E-state index in [4.69, 9.17) is 0 Å². The van der Waals surface area contributed by atoms with Crippen LogP contribution < -0.4 is 5.32 Å². The average Bonchev–Trinajstić information content (AvgIpc) is 2.86. The first kappa shape index (κ1) is 13.1. The number of hydrogen-bond donors (Lipinski definition) is 2. The first-order chi connectivity index (χ1) is 8.58. The Balaban J connectivity index is 2.10. The summed E-state index contributed by atoms with van der Waals surface area (Å²) < 4.78 is 13.0. The largest absolute Gasteiger partial charge is 0.345 e. The van der Waals surface area contributed by atoms with Crippen LogP contribution in [0.15, 0.2) is 39.9 Å². The van der Waals surface area contributed by atoms with Crippen molar-refractivity contribution in [2.45, 2.75) is 17.9 Å². The number of halogens is 1. The molecule has 1 amide bonds. The molecule has 0 radical (unpaired) electrons. The molecule has 1 aromatic carbocycles. The molecule has 1 unspecified atom stereocenters. The Bertz CT molecular complexity index is 554. The Morgan fingerprint density at radius 1 is 1.44 bits per heavy atom. The van der Waals surface area contributed by atoms with Gasteiger partial charge in [-0.1, -0.05) is 0 Å². The van der Waals surface area contributed by atoms with Gasteiger partial charge in [-0.05, 0) is 47.5 Å². The summed E-state index contributed by atoms with van der Waals surface area (Å²) in [5.74, 6) is -0.662. The zero-order chi connectivity index (χ0) is 13.1. The van der Waals surface area contributed by atoms with Crippen molar-refractivity contribution in [2.24, 2.45) is 0 Å². The van der Waals surface area contributed by atoms with Crippen LogP contribution in [0, 0.1) is 5.82 Å². The molecule has 0 bridgehead atoms. The zero-order valence-corrected chi connectivity index (χ0v) is 11.4. The van der Waals surface area contributed by atoms with Gasteiger partial charge in [-0.3, -0.25) is 4.79 Å². The lowest BCUT2D eigenvalue weighted by Crippen LogP contribution is -2.26. The molecule has 18 heavy (non-hydrogen) atoms. The molecule has 1 N–H and O–H groups in total. The molecule has 0 saturated carbocycles. The molecule has 0 saturated heterocycles. The molecule has 2 nitrogen and oxygen atoms in total. The predicted octanol–water partition coefficient (Wildman–Crippen LogP) is 3.67. The fourth-order valence-corrected chi connectivity index (χ4v) is 2.51. The van der Waals surface area contributed by atoms with Crippen molar-refractivity contribution in [2.75, 3.05) is 0 Å². The van der Waals surface area contributed by atoms with Gasteiger partial charge in [-0.25, -0.2) is 4.39 Å². The Labute approximate surface area is 114 Å². The van der Waals surface area contributed by atoms with Crippen molar-refractivity contribution < 1.29 is 9.18 Å². The van der Waals surface area contributed by atoms with Crippen molar-refractivity contribution in [3.63, 3.8) is 0 Å². The third-order valence-corrected chi connectivity index (χ3v) is 3.64. The van der Waals surface area contributed by atoms with E-state index in [2.05, 4.69) is 17.9 Å². The highest BCUT2D eigenvalue weighted by atomic mass is 32.1. The number of thiol groups is 1. The minimum atomic E-state index is -0.430. The number of carbonyl (C=O) groups excluding carboxylic acids is 1. The Morgan fingerprint density at radius 3 is 2.83 bits per heavy atom. The van der Waals surface area contributed by atoms with Crippen LogP contribution in [-0.2, 0) is 0 Å². The van der Waals surface area contributed by atoms with Gasteiger partial charge in [-0.2, -0.15) is 11.3 Å². The van der Waals surface area contributed by atoms with Crippen molar-refractivity contribution in [1.29, 1.82) is 0 Å². The summed E-state index contributed by atoms with van der Waals surface area (Å²) in [5, 5.41) is 6.80. The van der Waals surface area contributed by atoms with Gasteiger partial charge < -0.3 is 5.32 Å². The monoisotopic (exact) mass is 281 g/mol. The molecule has 5 heteroatoms. The molecule has 2 aromatic rings. The molecule has 0 fully saturated rings. The molecule has 0 aliphatic carbocycles. The molecular formula is C13H12FNOS2. The predicted molar refractivity (Wildman–Crippen MR) is 73.9 cm³/mol. The maximum absolute atomic E-state index is 13.0. The Morgan fingerprint density at radius 2 is 2.22 bits per heavy atom. The first-order valence-electron chi connectivity index (χ1n) is 5.39. The maximum Gasteiger partial charge on any atom is 0.251 e. The van der Waals surface area contributed by atoms with Crippen LogP contribution in [0.25, 0.3) is 0 Å². The third-order valence-electron chi connectivity index (χ3n) is 2.60. The molecular weight excluding hydrogens is 269 g/mol. The van der Waals surface area contributed by atoms with Crippen LogP contribution >= 0.6 is 24.0 Å². The van der Waals surface area contributed by atoms with Crippen molar-refractivity contribution in [3.8, 4) is 0 Å². The summed E-state index contributed by atoms with van der Waals surface area (Å²) in [6, 6.07) is 6.01. The van der Waals surface area contributed by atoms with E-state index in [1.165, 1.54) is 18.2 Å². The number of amides is 1. The number of nitrogens with one attached hydrogen (secondary N) is 1. The molecule has 94 valence electrons. The van der Waals surface area contributed by atoms with E-state index in [0.717, 1.165) is 5.56 Å². The van der Waals surface area contributed by atoms with E-state index in [-0.39, 0.29) is 16.8 Å². The molecule has 1 heterocycles. The maximum atomic E-state index is 13.0. The van der Waals surface area contributed by atoms with Gasteiger partial charge >= 0.3 is 0 Å². The van der Waals surface area contributed by atoms with Gasteiger partial charge in [0.1, 0.15) is 5.82 Å². The smallest absolute Gasteiger partial charge is 0.251 e. The lowest BCUT2D eigenvalue weighted by atomic mass is 10.1.